The van der Waals surface area contributed by atoms with Gasteiger partial charge in [-0.25, -0.2) is 0 Å². The van der Waals surface area contributed by atoms with Crippen LogP contribution in [0.5, 0.6) is 5.75 Å². The number of benzene rings is 1. The summed E-state index contributed by atoms with van der Waals surface area (Å²) in [6, 6.07) is 10.1. The number of nitrogens with zero attached hydrogens (tertiary/aromatic N) is 2. The van der Waals surface area contributed by atoms with Crippen LogP contribution in [0.15, 0.2) is 35.5 Å². The van der Waals surface area contributed by atoms with Crippen LogP contribution in [0.2, 0.25) is 0 Å². The van der Waals surface area contributed by atoms with E-state index in [9.17, 15) is 14.9 Å². The zero-order valence-corrected chi connectivity index (χ0v) is 19.8. The van der Waals surface area contributed by atoms with Crippen molar-refractivity contribution < 1.29 is 14.3 Å². The number of rotatable bonds is 3. The number of carbonyl (C=O) groups excluding carboxylic acids is 2. The van der Waals surface area contributed by atoms with E-state index in [2.05, 4.69) is 6.07 Å². The Labute approximate surface area is 198 Å². The lowest BCUT2D eigenvalue weighted by atomic mass is 9.77. The Hall–Kier alpha value is -2.91. The monoisotopic (exact) mass is 460 g/mol. The Kier molecular flexibility index (Phi) is 6.07. The third-order valence-electron chi connectivity index (χ3n) is 7.16. The number of hydrogen-bond acceptors (Lipinski definition) is 5. The van der Waals surface area contributed by atoms with E-state index in [1.165, 1.54) is 17.7 Å². The highest BCUT2D eigenvalue weighted by Crippen LogP contribution is 2.48. The number of carbonyl (C=O) groups is 2. The van der Waals surface area contributed by atoms with E-state index in [1.807, 2.05) is 24.3 Å². The highest BCUT2D eigenvalue weighted by atomic mass is 32.1. The number of hydrogen-bond donors (Lipinski definition) is 0. The Bertz CT molecular complexity index is 1190. The van der Waals surface area contributed by atoms with Gasteiger partial charge in [-0.1, -0.05) is 31.0 Å². The summed E-state index contributed by atoms with van der Waals surface area (Å²) in [7, 11) is 1.62. The number of Topliss-reactive ketones (excluding diaryl/α,β-unsaturated/α-hetero) is 1. The van der Waals surface area contributed by atoms with Gasteiger partial charge in [0, 0.05) is 40.5 Å². The van der Waals surface area contributed by atoms with Crippen LogP contribution in [0, 0.1) is 11.3 Å². The maximum Gasteiger partial charge on any atom is 0.232 e. The number of methoxy groups -OCH3 is 1. The molecule has 0 bridgehead atoms. The number of amides is 1. The highest BCUT2D eigenvalue weighted by Gasteiger charge is 2.42. The van der Waals surface area contributed by atoms with Gasteiger partial charge in [0.05, 0.1) is 12.7 Å². The van der Waals surface area contributed by atoms with E-state index < -0.39 is 0 Å². The fourth-order valence-corrected chi connectivity index (χ4v) is 7.01. The highest BCUT2D eigenvalue weighted by molar-refractivity contribution is 7.16. The molecule has 5 nitrogen and oxygen atoms in total. The molecule has 0 saturated heterocycles. The molecule has 3 aliphatic rings. The van der Waals surface area contributed by atoms with Crippen molar-refractivity contribution in [1.82, 2.24) is 0 Å². The molecule has 5 rings (SSSR count). The van der Waals surface area contributed by atoms with Gasteiger partial charge in [-0.15, -0.1) is 11.3 Å². The van der Waals surface area contributed by atoms with Crippen molar-refractivity contribution in [2.75, 3.05) is 12.0 Å². The summed E-state index contributed by atoms with van der Waals surface area (Å²) in [5.74, 6) is 0.466. The first-order valence-corrected chi connectivity index (χ1v) is 12.7. The lowest BCUT2D eigenvalue weighted by Crippen LogP contribution is -2.40. The van der Waals surface area contributed by atoms with Crippen molar-refractivity contribution in [2.24, 2.45) is 0 Å². The fraction of sp³-hybridized carbons (Fsp3) is 0.444. The minimum absolute atomic E-state index is 0.0370. The van der Waals surface area contributed by atoms with Crippen LogP contribution < -0.4 is 9.64 Å². The summed E-state index contributed by atoms with van der Waals surface area (Å²) in [4.78, 5) is 29.9. The van der Waals surface area contributed by atoms with Gasteiger partial charge in [0.1, 0.15) is 16.8 Å². The summed E-state index contributed by atoms with van der Waals surface area (Å²) in [5, 5.41) is 10.8. The van der Waals surface area contributed by atoms with Crippen LogP contribution in [-0.2, 0) is 22.4 Å². The first-order valence-electron chi connectivity index (χ1n) is 11.9. The molecule has 1 amide bonds. The normalized spacial score (nSPS) is 21.1. The van der Waals surface area contributed by atoms with E-state index >= 15 is 0 Å². The van der Waals surface area contributed by atoms with E-state index in [-0.39, 0.29) is 24.0 Å². The van der Waals surface area contributed by atoms with E-state index in [0.717, 1.165) is 59.5 Å². The molecule has 0 saturated carbocycles. The Balaban J connectivity index is 1.67. The Morgan fingerprint density at radius 1 is 1.03 bits per heavy atom. The molecule has 2 aromatic rings. The molecular formula is C27H28N2O3S. The minimum Gasteiger partial charge on any atom is -0.496 e. The Morgan fingerprint density at radius 2 is 1.82 bits per heavy atom. The maximum absolute atomic E-state index is 13.7. The molecular weight excluding hydrogens is 432 g/mol. The van der Waals surface area contributed by atoms with Gasteiger partial charge < -0.3 is 4.74 Å². The number of para-hydroxylation sites is 1. The first-order chi connectivity index (χ1) is 16.1. The number of ketones is 1. The second kappa shape index (κ2) is 9.15. The van der Waals surface area contributed by atoms with Crippen molar-refractivity contribution in [3.8, 4) is 11.8 Å². The largest absolute Gasteiger partial charge is 0.496 e. The van der Waals surface area contributed by atoms with Crippen LogP contribution in [0.1, 0.15) is 78.9 Å². The molecule has 1 aromatic heterocycles. The van der Waals surface area contributed by atoms with Crippen molar-refractivity contribution in [3.05, 3.63) is 57.1 Å². The molecule has 33 heavy (non-hydrogen) atoms. The number of aryl methyl sites for hydroxylation is 1. The second-order valence-corrected chi connectivity index (χ2v) is 10.2. The molecule has 2 aliphatic carbocycles. The van der Waals surface area contributed by atoms with E-state index in [1.54, 1.807) is 23.3 Å². The van der Waals surface area contributed by atoms with Gasteiger partial charge in [-0.2, -0.15) is 5.26 Å². The quantitative estimate of drug-likeness (QED) is 0.579. The predicted molar refractivity (Wildman–Crippen MR) is 129 cm³/mol. The molecule has 0 fully saturated rings. The van der Waals surface area contributed by atoms with Crippen LogP contribution in [0.3, 0.4) is 0 Å². The SMILES string of the molecule is COc1ccccc1[C@H]1CC(=O)N(c2sc3c(c2C#N)CCCCCC3)C2=C1C(=O)CCC2. The zero-order valence-electron chi connectivity index (χ0n) is 19.0. The number of fused-ring (bicyclic) bond motifs is 1. The molecule has 0 unspecified atom stereocenters. The van der Waals surface area contributed by atoms with Crippen molar-refractivity contribution in [1.29, 1.82) is 5.26 Å². The molecule has 1 aromatic carbocycles. The maximum atomic E-state index is 13.7. The van der Waals surface area contributed by atoms with Gasteiger partial charge in [0.2, 0.25) is 5.91 Å². The molecule has 170 valence electrons. The van der Waals surface area contributed by atoms with Gasteiger partial charge >= 0.3 is 0 Å². The summed E-state index contributed by atoms with van der Waals surface area (Å²) >= 11 is 1.59. The molecule has 2 heterocycles. The number of ether oxygens (including phenoxy) is 1. The van der Waals surface area contributed by atoms with Crippen molar-refractivity contribution >= 4 is 28.0 Å². The molecule has 0 spiro atoms. The zero-order chi connectivity index (χ0) is 22.9. The number of allylic oxidation sites excluding steroid dienone is 2. The van der Waals surface area contributed by atoms with Gasteiger partial charge in [0.25, 0.3) is 0 Å². The van der Waals surface area contributed by atoms with Crippen LogP contribution in [0.25, 0.3) is 0 Å². The topological polar surface area (TPSA) is 70.4 Å². The smallest absolute Gasteiger partial charge is 0.232 e. The van der Waals surface area contributed by atoms with E-state index in [4.69, 9.17) is 4.74 Å². The average molecular weight is 461 g/mol. The average Bonchev–Trinajstić information content (AvgIpc) is 3.14. The minimum atomic E-state index is -0.306. The molecule has 0 N–H and O–H groups in total. The van der Waals surface area contributed by atoms with Gasteiger partial charge in [-0.3, -0.25) is 14.5 Å². The molecule has 6 heteroatoms. The lowest BCUT2D eigenvalue weighted by Gasteiger charge is -2.38. The van der Waals surface area contributed by atoms with Gasteiger partial charge in [-0.05, 0) is 50.2 Å². The summed E-state index contributed by atoms with van der Waals surface area (Å²) < 4.78 is 5.58. The molecule has 0 radical (unpaired) electrons. The second-order valence-electron chi connectivity index (χ2n) is 9.07. The Morgan fingerprint density at radius 3 is 2.61 bits per heavy atom. The standard InChI is InChI=1S/C27H28N2O3S/c1-32-23-13-7-6-9-17(23)19-15-25(31)29(21-11-8-12-22(30)26(19)21)27-20(16-28)18-10-4-2-3-5-14-24(18)33-27/h6-7,9,13,19H,2-5,8,10-12,14-15H2,1H3/t19-/m1/s1. The van der Waals surface area contributed by atoms with Crippen LogP contribution in [0.4, 0.5) is 5.00 Å². The number of thiophene rings is 1. The number of anilines is 1. The summed E-state index contributed by atoms with van der Waals surface area (Å²) in [6.45, 7) is 0. The molecule has 1 atom stereocenters. The third-order valence-corrected chi connectivity index (χ3v) is 8.43. The lowest BCUT2D eigenvalue weighted by molar-refractivity contribution is -0.119. The van der Waals surface area contributed by atoms with Gasteiger partial charge in [0.15, 0.2) is 5.78 Å². The first kappa shape index (κ1) is 21.9. The molecule has 1 aliphatic heterocycles. The number of nitriles is 1. The fourth-order valence-electron chi connectivity index (χ4n) is 5.63. The summed E-state index contributed by atoms with van der Waals surface area (Å²) in [6.07, 6.45) is 8.55. The van der Waals surface area contributed by atoms with Crippen LogP contribution in [-0.4, -0.2) is 18.8 Å². The van der Waals surface area contributed by atoms with Crippen LogP contribution >= 0.6 is 11.3 Å². The third kappa shape index (κ3) is 3.79. The van der Waals surface area contributed by atoms with E-state index in [0.29, 0.717) is 24.2 Å². The predicted octanol–water partition coefficient (Wildman–Crippen LogP) is 5.81. The van der Waals surface area contributed by atoms with Crippen molar-refractivity contribution in [3.63, 3.8) is 0 Å². The van der Waals surface area contributed by atoms with Crippen molar-refractivity contribution in [2.45, 2.75) is 70.1 Å². The summed E-state index contributed by atoms with van der Waals surface area (Å²) in [5.41, 5.74) is 4.18.